The summed E-state index contributed by atoms with van der Waals surface area (Å²) in [5.41, 5.74) is -0.865. The van der Waals surface area contributed by atoms with E-state index in [1.54, 1.807) is 19.1 Å². The van der Waals surface area contributed by atoms with Crippen molar-refractivity contribution in [1.82, 2.24) is 0 Å². The summed E-state index contributed by atoms with van der Waals surface area (Å²) in [7, 11) is 0. The minimum absolute atomic E-state index is 0.0314. The second kappa shape index (κ2) is 10.6. The van der Waals surface area contributed by atoms with Crippen molar-refractivity contribution in [2.24, 2.45) is 4.99 Å². The van der Waals surface area contributed by atoms with Crippen molar-refractivity contribution in [3.63, 3.8) is 0 Å². The molecule has 1 heterocycles. The number of esters is 1. The Bertz CT molecular complexity index is 1440. The molecule has 0 fully saturated rings. The lowest BCUT2D eigenvalue weighted by atomic mass is 10.1. The van der Waals surface area contributed by atoms with Crippen LogP contribution in [0.2, 0.25) is 0 Å². The summed E-state index contributed by atoms with van der Waals surface area (Å²) >= 11 is 2.15. The van der Waals surface area contributed by atoms with Gasteiger partial charge in [-0.15, -0.1) is 0 Å². The molecule has 1 aliphatic heterocycles. The van der Waals surface area contributed by atoms with Crippen LogP contribution in [-0.2, 0) is 15.7 Å². The molecule has 1 aliphatic rings. The molecule has 0 saturated carbocycles. The third-order valence-corrected chi connectivity index (χ3v) is 5.70. The van der Waals surface area contributed by atoms with Crippen molar-refractivity contribution in [2.45, 2.75) is 13.1 Å². The maximum atomic E-state index is 13.0. The number of nitro benzene ring substituents is 1. The monoisotopic (exact) mass is 624 g/mol. The molecule has 0 bridgehead atoms. The molecule has 3 aromatic rings. The van der Waals surface area contributed by atoms with Crippen LogP contribution in [0.25, 0.3) is 6.08 Å². The maximum absolute atomic E-state index is 13.0. The van der Waals surface area contributed by atoms with Gasteiger partial charge in [0.25, 0.3) is 0 Å². The topological polar surface area (TPSA) is 100 Å². The van der Waals surface area contributed by atoms with E-state index in [4.69, 9.17) is 14.2 Å². The van der Waals surface area contributed by atoms with Crippen LogP contribution in [0.15, 0.2) is 71.4 Å². The number of cyclic esters (lactones) is 1. The van der Waals surface area contributed by atoms with Crippen molar-refractivity contribution in [2.75, 3.05) is 6.61 Å². The van der Waals surface area contributed by atoms with Gasteiger partial charge >= 0.3 is 17.8 Å². The van der Waals surface area contributed by atoms with Gasteiger partial charge in [0.05, 0.1) is 17.1 Å². The lowest BCUT2D eigenvalue weighted by molar-refractivity contribution is -0.385. The van der Waals surface area contributed by atoms with Crippen LogP contribution >= 0.6 is 22.6 Å². The Morgan fingerprint density at radius 2 is 1.76 bits per heavy atom. The van der Waals surface area contributed by atoms with Gasteiger partial charge < -0.3 is 14.2 Å². The molecule has 0 aliphatic carbocycles. The molecule has 0 amide bonds. The summed E-state index contributed by atoms with van der Waals surface area (Å²) in [4.78, 5) is 27.0. The van der Waals surface area contributed by atoms with E-state index < -0.39 is 34.1 Å². The first-order chi connectivity index (χ1) is 17.5. The Morgan fingerprint density at radius 3 is 2.41 bits per heavy atom. The number of hydrogen-bond acceptors (Lipinski definition) is 7. The van der Waals surface area contributed by atoms with E-state index in [2.05, 4.69) is 27.6 Å². The average Bonchev–Trinajstić information content (AvgIpc) is 3.20. The zero-order valence-electron chi connectivity index (χ0n) is 18.9. The molecule has 0 spiro atoms. The highest BCUT2D eigenvalue weighted by molar-refractivity contribution is 14.1. The Balaban J connectivity index is 1.65. The largest absolute Gasteiger partial charge is 0.490 e. The van der Waals surface area contributed by atoms with E-state index in [0.29, 0.717) is 23.3 Å². The molecule has 0 saturated heterocycles. The molecule has 0 aromatic heterocycles. The number of rotatable bonds is 7. The third kappa shape index (κ3) is 6.07. The zero-order valence-corrected chi connectivity index (χ0v) is 21.1. The van der Waals surface area contributed by atoms with Crippen LogP contribution in [0.4, 0.5) is 18.9 Å². The van der Waals surface area contributed by atoms with E-state index in [1.807, 2.05) is 12.1 Å². The van der Waals surface area contributed by atoms with Crippen LogP contribution in [-0.4, -0.2) is 23.4 Å². The highest BCUT2D eigenvalue weighted by atomic mass is 127. The Morgan fingerprint density at radius 1 is 1.05 bits per heavy atom. The fraction of sp³-hybridized carbons (Fsp3) is 0.120. The van der Waals surface area contributed by atoms with Gasteiger partial charge in [-0.25, -0.2) is 9.79 Å². The Kier molecular flexibility index (Phi) is 7.47. The van der Waals surface area contributed by atoms with Gasteiger partial charge in [-0.3, -0.25) is 10.1 Å². The molecule has 12 heteroatoms. The van der Waals surface area contributed by atoms with Gasteiger partial charge in [0.1, 0.15) is 0 Å². The number of carbonyl (C=O) groups is 1. The number of nitro groups is 1. The number of carbonyl (C=O) groups excluding carboxylic acids is 1. The summed E-state index contributed by atoms with van der Waals surface area (Å²) < 4.78 is 56.4. The first-order valence-corrected chi connectivity index (χ1v) is 11.7. The predicted octanol–water partition coefficient (Wildman–Crippen LogP) is 6.75. The quantitative estimate of drug-likeness (QED) is 0.0948. The summed E-state index contributed by atoms with van der Waals surface area (Å²) in [6.45, 7) is 1.89. The van der Waals surface area contributed by atoms with Gasteiger partial charge in [0, 0.05) is 15.2 Å². The van der Waals surface area contributed by atoms with Crippen LogP contribution < -0.4 is 9.47 Å². The van der Waals surface area contributed by atoms with Gasteiger partial charge in [0.2, 0.25) is 11.6 Å². The first-order valence-electron chi connectivity index (χ1n) is 10.6. The summed E-state index contributed by atoms with van der Waals surface area (Å²) in [5.74, 6) is -0.696. The SMILES string of the molecule is CCOc1cc(/C=C2\N=C(c3ccc(I)cc3)OC2=O)ccc1Oc1ccc(C(F)(F)F)cc1[N+](=O)[O-]. The lowest BCUT2D eigenvalue weighted by Gasteiger charge is -2.13. The minimum Gasteiger partial charge on any atom is -0.490 e. The predicted molar refractivity (Wildman–Crippen MR) is 136 cm³/mol. The highest BCUT2D eigenvalue weighted by Gasteiger charge is 2.33. The Labute approximate surface area is 221 Å². The number of nitrogens with zero attached hydrogens (tertiary/aromatic N) is 2. The van der Waals surface area contributed by atoms with Gasteiger partial charge in [-0.1, -0.05) is 6.07 Å². The van der Waals surface area contributed by atoms with Crippen molar-refractivity contribution in [3.05, 3.63) is 96.7 Å². The molecule has 190 valence electrons. The molecule has 0 atom stereocenters. The first kappa shape index (κ1) is 26.1. The van der Waals surface area contributed by atoms with E-state index >= 15 is 0 Å². The summed E-state index contributed by atoms with van der Waals surface area (Å²) in [5, 5.41) is 11.4. The van der Waals surface area contributed by atoms with Gasteiger partial charge in [-0.05, 0) is 89.7 Å². The van der Waals surface area contributed by atoms with E-state index in [1.165, 1.54) is 24.3 Å². The van der Waals surface area contributed by atoms with Gasteiger partial charge in [0.15, 0.2) is 17.2 Å². The minimum atomic E-state index is -4.75. The third-order valence-electron chi connectivity index (χ3n) is 4.99. The summed E-state index contributed by atoms with van der Waals surface area (Å²) in [6, 6.07) is 13.7. The van der Waals surface area contributed by atoms with E-state index in [-0.39, 0.29) is 29.7 Å². The standard InChI is InChI=1S/C25H16F3IN2O6/c1-2-35-22-12-14(11-18-24(32)37-23(30-18)15-4-7-17(29)8-5-15)3-9-21(22)36-20-10-6-16(25(26,27)28)13-19(20)31(33)34/h3-13H,2H2,1H3/b18-11-. The molecule has 0 N–H and O–H groups in total. The van der Waals surface area contributed by atoms with Crippen molar-refractivity contribution in [3.8, 4) is 17.2 Å². The van der Waals surface area contributed by atoms with Crippen LogP contribution in [0.5, 0.6) is 17.2 Å². The fourth-order valence-electron chi connectivity index (χ4n) is 3.29. The molecule has 0 unspecified atom stereocenters. The molecular formula is C25H16F3IN2O6. The lowest BCUT2D eigenvalue weighted by Crippen LogP contribution is -2.06. The number of ether oxygens (including phenoxy) is 3. The van der Waals surface area contributed by atoms with Crippen LogP contribution in [0.1, 0.15) is 23.6 Å². The highest BCUT2D eigenvalue weighted by Crippen LogP contribution is 2.40. The molecule has 37 heavy (non-hydrogen) atoms. The molecule has 4 rings (SSSR count). The smallest absolute Gasteiger partial charge is 0.416 e. The zero-order chi connectivity index (χ0) is 26.7. The number of benzene rings is 3. The normalized spacial score (nSPS) is 14.4. The number of aliphatic imine (C=N–C) groups is 1. The fourth-order valence-corrected chi connectivity index (χ4v) is 3.65. The van der Waals surface area contributed by atoms with Gasteiger partial charge in [-0.2, -0.15) is 13.2 Å². The van der Waals surface area contributed by atoms with E-state index in [0.717, 1.165) is 9.64 Å². The van der Waals surface area contributed by atoms with Crippen molar-refractivity contribution < 1.29 is 37.1 Å². The number of hydrogen-bond donors (Lipinski definition) is 0. The summed E-state index contributed by atoms with van der Waals surface area (Å²) in [6.07, 6.45) is -3.29. The molecular weight excluding hydrogens is 608 g/mol. The van der Waals surface area contributed by atoms with Crippen molar-refractivity contribution >= 4 is 46.2 Å². The maximum Gasteiger partial charge on any atom is 0.416 e. The Hall–Kier alpha value is -3.94. The average molecular weight is 624 g/mol. The molecule has 8 nitrogen and oxygen atoms in total. The van der Waals surface area contributed by atoms with Crippen molar-refractivity contribution in [1.29, 1.82) is 0 Å². The second-order valence-electron chi connectivity index (χ2n) is 7.52. The molecule has 0 radical (unpaired) electrons. The van der Waals surface area contributed by atoms with Crippen LogP contribution in [0, 0.1) is 13.7 Å². The second-order valence-corrected chi connectivity index (χ2v) is 8.77. The molecule has 3 aromatic carbocycles. The number of alkyl halides is 3. The number of halogens is 4. The van der Waals surface area contributed by atoms with E-state index in [9.17, 15) is 28.1 Å². The van der Waals surface area contributed by atoms with Crippen LogP contribution in [0.3, 0.4) is 0 Å².